The first-order valence-corrected chi connectivity index (χ1v) is 6.08. The van der Waals surface area contributed by atoms with Crippen LogP contribution >= 0.6 is 0 Å². The Labute approximate surface area is 106 Å². The van der Waals surface area contributed by atoms with E-state index in [9.17, 15) is 0 Å². The maximum atomic E-state index is 8.93. The first-order chi connectivity index (χ1) is 8.90. The first kappa shape index (κ1) is 11.0. The summed E-state index contributed by atoms with van der Waals surface area (Å²) in [4.78, 5) is 0. The predicted octanol–water partition coefficient (Wildman–Crippen LogP) is 4.00. The standard InChI is InChI=1S/C17H14O/c18-11-5-7-14-12-13-6-1-2-8-15(13)17-10-4-3-9-16(14)17/h1-10,12,18H,11H2. The minimum absolute atomic E-state index is 0.0706. The molecule has 88 valence electrons. The van der Waals surface area contributed by atoms with Gasteiger partial charge in [0, 0.05) is 0 Å². The molecule has 0 saturated carbocycles. The van der Waals surface area contributed by atoms with Crippen molar-refractivity contribution in [1.29, 1.82) is 0 Å². The van der Waals surface area contributed by atoms with Crippen molar-refractivity contribution in [3.05, 3.63) is 66.2 Å². The molecule has 0 fully saturated rings. The van der Waals surface area contributed by atoms with Crippen LogP contribution < -0.4 is 0 Å². The summed E-state index contributed by atoms with van der Waals surface area (Å²) in [7, 11) is 0. The van der Waals surface area contributed by atoms with Crippen LogP contribution in [0.1, 0.15) is 5.56 Å². The number of rotatable bonds is 2. The van der Waals surface area contributed by atoms with Crippen LogP contribution in [0.2, 0.25) is 0 Å². The third-order valence-electron chi connectivity index (χ3n) is 3.20. The van der Waals surface area contributed by atoms with Crippen molar-refractivity contribution in [2.45, 2.75) is 0 Å². The van der Waals surface area contributed by atoms with Gasteiger partial charge in [-0.1, -0.05) is 60.7 Å². The molecule has 3 rings (SSSR count). The zero-order valence-corrected chi connectivity index (χ0v) is 10.0. The molecule has 1 N–H and O–H groups in total. The van der Waals surface area contributed by atoms with Gasteiger partial charge in [0.15, 0.2) is 0 Å². The van der Waals surface area contributed by atoms with Crippen molar-refractivity contribution in [1.82, 2.24) is 0 Å². The fourth-order valence-electron chi connectivity index (χ4n) is 2.40. The van der Waals surface area contributed by atoms with E-state index in [1.54, 1.807) is 6.08 Å². The van der Waals surface area contributed by atoms with E-state index in [-0.39, 0.29) is 6.61 Å². The van der Waals surface area contributed by atoms with E-state index in [2.05, 4.69) is 48.5 Å². The van der Waals surface area contributed by atoms with Gasteiger partial charge in [0.25, 0.3) is 0 Å². The predicted molar refractivity (Wildman–Crippen MR) is 77.6 cm³/mol. The van der Waals surface area contributed by atoms with E-state index in [1.807, 2.05) is 12.1 Å². The summed E-state index contributed by atoms with van der Waals surface area (Å²) in [5, 5.41) is 13.9. The normalized spacial score (nSPS) is 11.6. The minimum atomic E-state index is 0.0706. The van der Waals surface area contributed by atoms with Crippen LogP contribution in [0.5, 0.6) is 0 Å². The Bertz CT molecular complexity index is 726. The molecule has 3 aromatic rings. The lowest BCUT2D eigenvalue weighted by molar-refractivity contribution is 0.343. The second kappa shape index (κ2) is 4.63. The Hall–Kier alpha value is -2.12. The molecular formula is C17H14O. The van der Waals surface area contributed by atoms with Crippen LogP contribution in [0, 0.1) is 0 Å². The molecule has 3 aromatic carbocycles. The van der Waals surface area contributed by atoms with Crippen molar-refractivity contribution in [3.8, 4) is 0 Å². The van der Waals surface area contributed by atoms with Gasteiger partial charge >= 0.3 is 0 Å². The molecule has 0 aliphatic rings. The van der Waals surface area contributed by atoms with Gasteiger partial charge in [0.2, 0.25) is 0 Å². The van der Waals surface area contributed by atoms with Gasteiger partial charge in [-0.05, 0) is 33.2 Å². The minimum Gasteiger partial charge on any atom is -0.392 e. The largest absolute Gasteiger partial charge is 0.392 e. The van der Waals surface area contributed by atoms with Crippen LogP contribution in [-0.4, -0.2) is 11.7 Å². The van der Waals surface area contributed by atoms with E-state index in [0.29, 0.717) is 0 Å². The molecule has 0 amide bonds. The van der Waals surface area contributed by atoms with E-state index in [4.69, 9.17) is 5.11 Å². The maximum absolute atomic E-state index is 8.93. The highest BCUT2D eigenvalue weighted by Gasteiger charge is 2.03. The third kappa shape index (κ3) is 1.79. The Kier molecular flexibility index (Phi) is 2.83. The lowest BCUT2D eigenvalue weighted by atomic mass is 9.97. The Morgan fingerprint density at radius 3 is 2.28 bits per heavy atom. The van der Waals surface area contributed by atoms with Gasteiger partial charge in [0.05, 0.1) is 6.61 Å². The second-order valence-electron chi connectivity index (χ2n) is 4.32. The fraction of sp³-hybridized carbons (Fsp3) is 0.0588. The zero-order chi connectivity index (χ0) is 12.4. The molecule has 0 saturated heterocycles. The van der Waals surface area contributed by atoms with Crippen molar-refractivity contribution in [2.24, 2.45) is 0 Å². The fourth-order valence-corrected chi connectivity index (χ4v) is 2.40. The van der Waals surface area contributed by atoms with Gasteiger partial charge in [-0.25, -0.2) is 0 Å². The summed E-state index contributed by atoms with van der Waals surface area (Å²) >= 11 is 0. The highest BCUT2D eigenvalue weighted by Crippen LogP contribution is 2.29. The van der Waals surface area contributed by atoms with E-state index < -0.39 is 0 Å². The molecule has 1 nitrogen and oxygen atoms in total. The molecule has 0 radical (unpaired) electrons. The van der Waals surface area contributed by atoms with E-state index >= 15 is 0 Å². The van der Waals surface area contributed by atoms with Crippen LogP contribution in [0.3, 0.4) is 0 Å². The van der Waals surface area contributed by atoms with Crippen molar-refractivity contribution in [2.75, 3.05) is 6.61 Å². The summed E-state index contributed by atoms with van der Waals surface area (Å²) in [6.45, 7) is 0.0706. The molecule has 0 aliphatic heterocycles. The summed E-state index contributed by atoms with van der Waals surface area (Å²) in [6, 6.07) is 18.9. The van der Waals surface area contributed by atoms with Gasteiger partial charge in [-0.15, -0.1) is 0 Å². The summed E-state index contributed by atoms with van der Waals surface area (Å²) < 4.78 is 0. The third-order valence-corrected chi connectivity index (χ3v) is 3.20. The molecule has 0 heterocycles. The number of fused-ring (bicyclic) bond motifs is 3. The van der Waals surface area contributed by atoms with Crippen molar-refractivity contribution >= 4 is 27.6 Å². The highest BCUT2D eigenvalue weighted by molar-refractivity contribution is 6.10. The summed E-state index contributed by atoms with van der Waals surface area (Å²) in [5.41, 5.74) is 1.15. The second-order valence-corrected chi connectivity index (χ2v) is 4.32. The lowest BCUT2D eigenvalue weighted by Gasteiger charge is -2.07. The average Bonchev–Trinajstić information content (AvgIpc) is 2.45. The number of aliphatic hydroxyl groups is 1. The first-order valence-electron chi connectivity index (χ1n) is 6.08. The van der Waals surface area contributed by atoms with Crippen LogP contribution in [0.25, 0.3) is 27.6 Å². The molecule has 0 bridgehead atoms. The molecule has 0 aromatic heterocycles. The van der Waals surface area contributed by atoms with Gasteiger partial charge in [-0.2, -0.15) is 0 Å². The van der Waals surface area contributed by atoms with Gasteiger partial charge in [-0.3, -0.25) is 0 Å². The topological polar surface area (TPSA) is 20.2 Å². The monoisotopic (exact) mass is 234 g/mol. The van der Waals surface area contributed by atoms with Crippen molar-refractivity contribution in [3.63, 3.8) is 0 Å². The highest BCUT2D eigenvalue weighted by atomic mass is 16.2. The molecule has 18 heavy (non-hydrogen) atoms. The lowest BCUT2D eigenvalue weighted by Crippen LogP contribution is -1.83. The molecule has 0 spiro atoms. The van der Waals surface area contributed by atoms with Gasteiger partial charge < -0.3 is 5.11 Å². The van der Waals surface area contributed by atoms with Crippen LogP contribution in [0.4, 0.5) is 0 Å². The number of benzene rings is 3. The Morgan fingerprint density at radius 2 is 1.50 bits per heavy atom. The van der Waals surface area contributed by atoms with Crippen molar-refractivity contribution < 1.29 is 5.11 Å². The van der Waals surface area contributed by atoms with E-state index in [1.165, 1.54) is 21.5 Å². The SMILES string of the molecule is OCC=Cc1cc2ccccc2c2ccccc12. The summed E-state index contributed by atoms with van der Waals surface area (Å²) in [5.74, 6) is 0. The summed E-state index contributed by atoms with van der Waals surface area (Å²) in [6.07, 6.45) is 3.76. The number of hydrogen-bond donors (Lipinski definition) is 1. The zero-order valence-electron chi connectivity index (χ0n) is 10.0. The molecule has 0 atom stereocenters. The van der Waals surface area contributed by atoms with Crippen LogP contribution in [0.15, 0.2) is 60.7 Å². The maximum Gasteiger partial charge on any atom is 0.0615 e. The smallest absolute Gasteiger partial charge is 0.0615 e. The molecule has 0 aliphatic carbocycles. The Morgan fingerprint density at radius 1 is 0.833 bits per heavy atom. The molecule has 0 unspecified atom stereocenters. The molecule has 1 heteroatoms. The molecular weight excluding hydrogens is 220 g/mol. The van der Waals surface area contributed by atoms with E-state index in [0.717, 1.165) is 5.56 Å². The Balaban J connectivity index is 2.42. The number of hydrogen-bond acceptors (Lipinski definition) is 1. The average molecular weight is 234 g/mol. The van der Waals surface area contributed by atoms with Gasteiger partial charge in [0.1, 0.15) is 0 Å². The van der Waals surface area contributed by atoms with Crippen LogP contribution in [-0.2, 0) is 0 Å². The quantitative estimate of drug-likeness (QED) is 0.664. The number of aliphatic hydroxyl groups excluding tert-OH is 1.